The summed E-state index contributed by atoms with van der Waals surface area (Å²) in [5, 5.41) is 6.13. The van der Waals surface area contributed by atoms with E-state index in [2.05, 4.69) is 36.4 Å². The van der Waals surface area contributed by atoms with Crippen LogP contribution >= 0.6 is 15.9 Å². The van der Waals surface area contributed by atoms with E-state index in [0.29, 0.717) is 11.4 Å². The molecule has 1 saturated heterocycles. The molecule has 0 radical (unpaired) electrons. The van der Waals surface area contributed by atoms with Gasteiger partial charge in [-0.25, -0.2) is 4.98 Å². The lowest BCUT2D eigenvalue weighted by Gasteiger charge is -2.29. The van der Waals surface area contributed by atoms with E-state index in [9.17, 15) is 4.79 Å². The van der Waals surface area contributed by atoms with Crippen LogP contribution in [0.5, 0.6) is 0 Å². The predicted octanol–water partition coefficient (Wildman–Crippen LogP) is 2.51. The molecule has 5 nitrogen and oxygen atoms in total. The highest BCUT2D eigenvalue weighted by Crippen LogP contribution is 2.16. The summed E-state index contributed by atoms with van der Waals surface area (Å²) in [4.78, 5) is 18.7. The first-order chi connectivity index (χ1) is 10.7. The first kappa shape index (κ1) is 15.0. The van der Waals surface area contributed by atoms with Crippen LogP contribution < -0.4 is 15.5 Å². The lowest BCUT2D eigenvalue weighted by atomic mass is 10.2. The molecular formula is C16H17BrN4O. The van der Waals surface area contributed by atoms with E-state index in [0.717, 1.165) is 36.3 Å². The van der Waals surface area contributed by atoms with Gasteiger partial charge in [0.05, 0.1) is 11.9 Å². The van der Waals surface area contributed by atoms with Gasteiger partial charge in [-0.1, -0.05) is 15.9 Å². The van der Waals surface area contributed by atoms with Crippen molar-refractivity contribution in [2.45, 2.75) is 0 Å². The molecule has 0 saturated carbocycles. The number of halogens is 1. The summed E-state index contributed by atoms with van der Waals surface area (Å²) in [5.41, 5.74) is 1.69. The van der Waals surface area contributed by atoms with E-state index in [-0.39, 0.29) is 5.91 Å². The van der Waals surface area contributed by atoms with Crippen LogP contribution in [0.15, 0.2) is 47.1 Å². The van der Waals surface area contributed by atoms with Crippen LogP contribution in [0.25, 0.3) is 0 Å². The minimum Gasteiger partial charge on any atom is -0.368 e. The lowest BCUT2D eigenvalue weighted by Crippen LogP contribution is -2.43. The molecule has 0 bridgehead atoms. The number of hydrogen-bond acceptors (Lipinski definition) is 4. The Kier molecular flexibility index (Phi) is 4.70. The monoisotopic (exact) mass is 360 g/mol. The highest BCUT2D eigenvalue weighted by Gasteiger charge is 2.11. The molecule has 0 unspecified atom stereocenters. The average Bonchev–Trinajstić information content (AvgIpc) is 2.57. The first-order valence-corrected chi connectivity index (χ1v) is 8.00. The van der Waals surface area contributed by atoms with Crippen molar-refractivity contribution in [3.63, 3.8) is 0 Å². The van der Waals surface area contributed by atoms with Crippen molar-refractivity contribution in [3.05, 3.63) is 52.6 Å². The second-order valence-electron chi connectivity index (χ2n) is 5.10. The maximum atomic E-state index is 12.1. The lowest BCUT2D eigenvalue weighted by molar-refractivity contribution is 0.102. The fraction of sp³-hybridized carbons (Fsp3) is 0.250. The summed E-state index contributed by atoms with van der Waals surface area (Å²) in [7, 11) is 0. The van der Waals surface area contributed by atoms with Crippen LogP contribution in [0.3, 0.4) is 0 Å². The van der Waals surface area contributed by atoms with Crippen molar-refractivity contribution in [1.29, 1.82) is 0 Å². The Labute approximate surface area is 137 Å². The van der Waals surface area contributed by atoms with E-state index in [1.54, 1.807) is 12.1 Å². The van der Waals surface area contributed by atoms with Crippen molar-refractivity contribution in [2.24, 2.45) is 0 Å². The summed E-state index contributed by atoms with van der Waals surface area (Å²) in [6, 6.07) is 11.1. The van der Waals surface area contributed by atoms with Crippen LogP contribution in [0.1, 0.15) is 10.4 Å². The molecule has 1 aromatic heterocycles. The largest absolute Gasteiger partial charge is 0.368 e. The van der Waals surface area contributed by atoms with Crippen LogP contribution in [0.2, 0.25) is 0 Å². The SMILES string of the molecule is O=C(Nc1ccc(N2CCNCC2)cn1)c1ccc(Br)cc1. The zero-order valence-electron chi connectivity index (χ0n) is 12.1. The number of carbonyl (C=O) groups is 1. The standard InChI is InChI=1S/C16H17BrN4O/c17-13-3-1-12(2-4-13)16(22)20-15-6-5-14(11-19-15)21-9-7-18-8-10-21/h1-6,11,18H,7-10H2,(H,19,20,22). The molecule has 0 atom stereocenters. The van der Waals surface area contributed by atoms with Gasteiger partial charge in [-0.2, -0.15) is 0 Å². The maximum Gasteiger partial charge on any atom is 0.256 e. The van der Waals surface area contributed by atoms with Crippen LogP contribution in [-0.2, 0) is 0 Å². The Morgan fingerprint density at radius 3 is 2.50 bits per heavy atom. The number of amides is 1. The molecule has 1 aromatic carbocycles. The van der Waals surface area contributed by atoms with E-state index < -0.39 is 0 Å². The highest BCUT2D eigenvalue weighted by molar-refractivity contribution is 9.10. The summed E-state index contributed by atoms with van der Waals surface area (Å²) in [5.74, 6) is 0.404. The third-order valence-corrected chi connectivity index (χ3v) is 4.11. The minimum absolute atomic E-state index is 0.157. The fourth-order valence-corrected chi connectivity index (χ4v) is 2.62. The first-order valence-electron chi connectivity index (χ1n) is 7.21. The Morgan fingerprint density at radius 2 is 1.86 bits per heavy atom. The van der Waals surface area contributed by atoms with Gasteiger partial charge in [0.1, 0.15) is 5.82 Å². The van der Waals surface area contributed by atoms with E-state index in [4.69, 9.17) is 0 Å². The third kappa shape index (κ3) is 3.64. The molecule has 1 fully saturated rings. The second kappa shape index (κ2) is 6.89. The van der Waals surface area contributed by atoms with Crippen molar-refractivity contribution in [3.8, 4) is 0 Å². The Hall–Kier alpha value is -1.92. The topological polar surface area (TPSA) is 57.3 Å². The molecule has 1 aliphatic heterocycles. The van der Waals surface area contributed by atoms with Crippen molar-refractivity contribution in [2.75, 3.05) is 36.4 Å². The van der Waals surface area contributed by atoms with Gasteiger partial charge in [0.25, 0.3) is 5.91 Å². The molecule has 0 aliphatic carbocycles. The molecule has 2 N–H and O–H groups in total. The number of carbonyl (C=O) groups excluding carboxylic acids is 1. The normalized spacial score (nSPS) is 14.7. The molecule has 114 valence electrons. The Bertz CT molecular complexity index is 636. The Morgan fingerprint density at radius 1 is 1.14 bits per heavy atom. The molecule has 1 amide bonds. The zero-order chi connectivity index (χ0) is 15.4. The summed E-state index contributed by atoms with van der Waals surface area (Å²) < 4.78 is 0.947. The minimum atomic E-state index is -0.157. The van der Waals surface area contributed by atoms with Gasteiger partial charge in [0, 0.05) is 36.2 Å². The van der Waals surface area contributed by atoms with Gasteiger partial charge in [-0.3, -0.25) is 4.79 Å². The third-order valence-electron chi connectivity index (χ3n) is 3.58. The van der Waals surface area contributed by atoms with E-state index in [1.165, 1.54) is 0 Å². The molecule has 3 rings (SSSR count). The van der Waals surface area contributed by atoms with Crippen LogP contribution in [-0.4, -0.2) is 37.1 Å². The Balaban J connectivity index is 1.65. The summed E-state index contributed by atoms with van der Waals surface area (Å²) in [6.45, 7) is 3.93. The summed E-state index contributed by atoms with van der Waals surface area (Å²) >= 11 is 3.35. The zero-order valence-corrected chi connectivity index (χ0v) is 13.6. The number of hydrogen-bond donors (Lipinski definition) is 2. The fourth-order valence-electron chi connectivity index (χ4n) is 2.36. The number of pyridine rings is 1. The summed E-state index contributed by atoms with van der Waals surface area (Å²) in [6.07, 6.45) is 1.81. The van der Waals surface area contributed by atoms with E-state index in [1.807, 2.05) is 30.5 Å². The van der Waals surface area contributed by atoms with Gasteiger partial charge < -0.3 is 15.5 Å². The van der Waals surface area contributed by atoms with E-state index >= 15 is 0 Å². The smallest absolute Gasteiger partial charge is 0.256 e. The van der Waals surface area contributed by atoms with Gasteiger partial charge >= 0.3 is 0 Å². The molecule has 6 heteroatoms. The number of aromatic nitrogens is 1. The van der Waals surface area contributed by atoms with Crippen molar-refractivity contribution in [1.82, 2.24) is 10.3 Å². The molecule has 1 aliphatic rings. The predicted molar refractivity (Wildman–Crippen MR) is 91.4 cm³/mol. The molecular weight excluding hydrogens is 344 g/mol. The van der Waals surface area contributed by atoms with Gasteiger partial charge in [-0.15, -0.1) is 0 Å². The quantitative estimate of drug-likeness (QED) is 0.882. The number of benzene rings is 1. The van der Waals surface area contributed by atoms with Crippen LogP contribution in [0, 0.1) is 0 Å². The van der Waals surface area contributed by atoms with Crippen LogP contribution in [0.4, 0.5) is 11.5 Å². The van der Waals surface area contributed by atoms with Gasteiger partial charge in [-0.05, 0) is 36.4 Å². The van der Waals surface area contributed by atoms with Crippen molar-refractivity contribution >= 4 is 33.3 Å². The number of nitrogens with zero attached hydrogens (tertiary/aromatic N) is 2. The number of piperazine rings is 1. The van der Waals surface area contributed by atoms with Gasteiger partial charge in [0.2, 0.25) is 0 Å². The second-order valence-corrected chi connectivity index (χ2v) is 6.02. The molecule has 22 heavy (non-hydrogen) atoms. The number of rotatable bonds is 3. The van der Waals surface area contributed by atoms with Gasteiger partial charge in [0.15, 0.2) is 0 Å². The van der Waals surface area contributed by atoms with Crippen molar-refractivity contribution < 1.29 is 4.79 Å². The molecule has 2 heterocycles. The highest BCUT2D eigenvalue weighted by atomic mass is 79.9. The number of anilines is 2. The average molecular weight is 361 g/mol. The molecule has 2 aromatic rings. The molecule has 0 spiro atoms. The maximum absolute atomic E-state index is 12.1. The number of nitrogens with one attached hydrogen (secondary N) is 2.